The van der Waals surface area contributed by atoms with Crippen LogP contribution in [0.1, 0.15) is 62.5 Å². The molecule has 2 aliphatic heterocycles. The average molecular weight is 533 g/mol. The first-order valence-electron chi connectivity index (χ1n) is 13.4. The van der Waals surface area contributed by atoms with Crippen molar-refractivity contribution in [3.05, 3.63) is 92.3 Å². The van der Waals surface area contributed by atoms with Crippen molar-refractivity contribution < 1.29 is 28.7 Å². The summed E-state index contributed by atoms with van der Waals surface area (Å²) in [5.74, 6) is -0.525. The van der Waals surface area contributed by atoms with E-state index in [0.29, 0.717) is 42.0 Å². The Morgan fingerprint density at radius 3 is 2.46 bits per heavy atom. The molecule has 0 unspecified atom stereocenters. The zero-order chi connectivity index (χ0) is 27.5. The van der Waals surface area contributed by atoms with Gasteiger partial charge in [-0.2, -0.15) is 0 Å². The lowest BCUT2D eigenvalue weighted by Crippen LogP contribution is -2.36. The lowest BCUT2D eigenvalue weighted by molar-refractivity contribution is -0.384. The second-order valence-corrected chi connectivity index (χ2v) is 10.1. The van der Waals surface area contributed by atoms with Crippen LogP contribution >= 0.6 is 0 Å². The van der Waals surface area contributed by atoms with Crippen LogP contribution in [0.5, 0.6) is 5.75 Å². The summed E-state index contributed by atoms with van der Waals surface area (Å²) in [6, 6.07) is 13.8. The second kappa shape index (κ2) is 11.4. The summed E-state index contributed by atoms with van der Waals surface area (Å²) in [6.45, 7) is 5.10. The largest absolute Gasteiger partial charge is 0.494 e. The first-order valence-corrected chi connectivity index (χ1v) is 13.4. The van der Waals surface area contributed by atoms with E-state index in [1.807, 2.05) is 31.2 Å². The van der Waals surface area contributed by atoms with E-state index >= 15 is 0 Å². The van der Waals surface area contributed by atoms with Crippen LogP contribution < -0.4 is 10.1 Å². The zero-order valence-electron chi connectivity index (χ0n) is 22.1. The number of ketones is 1. The number of hydrogen-bond donors (Lipinski definition) is 1. The molecule has 1 N–H and O–H groups in total. The molecular formula is C30H32N2O7. The normalized spacial score (nSPS) is 22.8. The molecule has 1 aliphatic carbocycles. The van der Waals surface area contributed by atoms with Gasteiger partial charge in [0.25, 0.3) is 5.69 Å². The van der Waals surface area contributed by atoms with Gasteiger partial charge < -0.3 is 19.5 Å². The highest BCUT2D eigenvalue weighted by molar-refractivity contribution is 6.04. The Morgan fingerprint density at radius 2 is 1.82 bits per heavy atom. The van der Waals surface area contributed by atoms with Crippen LogP contribution in [0.25, 0.3) is 0 Å². The number of non-ortho nitro benzene ring substituents is 1. The molecule has 39 heavy (non-hydrogen) atoms. The van der Waals surface area contributed by atoms with Gasteiger partial charge in [0.1, 0.15) is 12.4 Å². The minimum absolute atomic E-state index is 0.0299. The van der Waals surface area contributed by atoms with E-state index in [9.17, 15) is 19.7 Å². The highest BCUT2D eigenvalue weighted by Crippen LogP contribution is 2.46. The number of Topliss-reactive ketones (excluding diaryl/α,β-unsaturated/α-hetero) is 1. The monoisotopic (exact) mass is 532 g/mol. The van der Waals surface area contributed by atoms with E-state index in [0.717, 1.165) is 29.9 Å². The van der Waals surface area contributed by atoms with Crippen LogP contribution in [0.2, 0.25) is 0 Å². The number of dihydropyridines is 1. The van der Waals surface area contributed by atoms with Crippen LogP contribution in [0.4, 0.5) is 5.69 Å². The average Bonchev–Trinajstić information content (AvgIpc) is 3.45. The molecule has 3 atom stereocenters. The molecule has 9 heteroatoms. The maximum Gasteiger partial charge on any atom is 0.336 e. The molecule has 2 aromatic rings. The van der Waals surface area contributed by atoms with E-state index < -0.39 is 16.8 Å². The van der Waals surface area contributed by atoms with Crippen LogP contribution in [0.15, 0.2) is 71.1 Å². The standard InChI is InChI=1S/C30H32N2O7/c1-3-37-23-12-8-19(9-13-23)21-15-25-29(26(33)16-21)28(20-6-10-22(11-7-20)32(35)36)27(18(2)31-25)30(34)39-17-24-5-4-14-38-24/h6-13,21,24,28,31H,3-5,14-17H2,1-2H3/t21-,24+,28-/m1/s1. The Hall–Kier alpha value is -3.98. The molecule has 2 heterocycles. The molecule has 5 rings (SSSR count). The number of nitro benzene ring substituents is 1. The molecule has 1 saturated heterocycles. The van der Waals surface area contributed by atoms with Crippen molar-refractivity contribution in [3.8, 4) is 5.75 Å². The highest BCUT2D eigenvalue weighted by atomic mass is 16.6. The van der Waals surface area contributed by atoms with Gasteiger partial charge in [-0.3, -0.25) is 14.9 Å². The topological polar surface area (TPSA) is 117 Å². The lowest BCUT2D eigenvalue weighted by atomic mass is 9.71. The summed E-state index contributed by atoms with van der Waals surface area (Å²) in [7, 11) is 0. The Labute approximate surface area is 227 Å². The minimum Gasteiger partial charge on any atom is -0.494 e. The van der Waals surface area contributed by atoms with Crippen LogP contribution in [-0.2, 0) is 19.1 Å². The Bertz CT molecular complexity index is 1320. The molecule has 204 valence electrons. The van der Waals surface area contributed by atoms with Crippen molar-refractivity contribution in [1.29, 1.82) is 0 Å². The number of rotatable bonds is 8. The summed E-state index contributed by atoms with van der Waals surface area (Å²) in [5, 5.41) is 14.6. The number of nitro groups is 1. The van der Waals surface area contributed by atoms with Crippen LogP contribution in [0.3, 0.4) is 0 Å². The third kappa shape index (κ3) is 5.59. The van der Waals surface area contributed by atoms with Crippen molar-refractivity contribution >= 4 is 17.4 Å². The van der Waals surface area contributed by atoms with E-state index in [-0.39, 0.29) is 36.5 Å². The second-order valence-electron chi connectivity index (χ2n) is 10.1. The van der Waals surface area contributed by atoms with Crippen LogP contribution in [0, 0.1) is 10.1 Å². The SMILES string of the molecule is CCOc1ccc([C@H]2CC(=O)C3=C(C2)NC(C)=C(C(=O)OC[C@@H]2CCCO2)[C@H]3c2ccc([N+](=O)[O-])cc2)cc1. The van der Waals surface area contributed by atoms with Crippen molar-refractivity contribution in [1.82, 2.24) is 5.32 Å². The van der Waals surface area contributed by atoms with E-state index in [4.69, 9.17) is 14.2 Å². The van der Waals surface area contributed by atoms with Gasteiger partial charge in [-0.25, -0.2) is 4.79 Å². The van der Waals surface area contributed by atoms with Crippen molar-refractivity contribution in [2.24, 2.45) is 0 Å². The number of carbonyl (C=O) groups is 2. The number of allylic oxidation sites excluding steroid dienone is 3. The fourth-order valence-corrected chi connectivity index (χ4v) is 5.69. The Kier molecular flexibility index (Phi) is 7.79. The summed E-state index contributed by atoms with van der Waals surface area (Å²) >= 11 is 0. The summed E-state index contributed by atoms with van der Waals surface area (Å²) in [5.41, 5.74) is 3.84. The lowest BCUT2D eigenvalue weighted by Gasteiger charge is -2.36. The number of benzene rings is 2. The van der Waals surface area contributed by atoms with Crippen molar-refractivity contribution in [2.75, 3.05) is 19.8 Å². The molecule has 3 aliphatic rings. The van der Waals surface area contributed by atoms with Gasteiger partial charge in [-0.1, -0.05) is 24.3 Å². The van der Waals surface area contributed by atoms with Gasteiger partial charge in [-0.05, 0) is 62.3 Å². The number of ether oxygens (including phenoxy) is 3. The minimum atomic E-state index is -0.687. The molecule has 0 amide bonds. The van der Waals surface area contributed by atoms with Gasteiger partial charge in [0.2, 0.25) is 0 Å². The predicted octanol–water partition coefficient (Wildman–Crippen LogP) is 5.08. The molecular weight excluding hydrogens is 500 g/mol. The van der Waals surface area contributed by atoms with Crippen molar-refractivity contribution in [2.45, 2.75) is 57.5 Å². The highest BCUT2D eigenvalue weighted by Gasteiger charge is 2.41. The molecule has 1 fully saturated rings. The van der Waals surface area contributed by atoms with E-state index in [2.05, 4.69) is 5.32 Å². The summed E-state index contributed by atoms with van der Waals surface area (Å²) < 4.78 is 16.8. The number of nitrogens with zero attached hydrogens (tertiary/aromatic N) is 1. The van der Waals surface area contributed by atoms with Crippen LogP contribution in [-0.4, -0.2) is 42.6 Å². The first-order chi connectivity index (χ1) is 18.9. The third-order valence-electron chi connectivity index (χ3n) is 7.57. The van der Waals surface area contributed by atoms with Crippen molar-refractivity contribution in [3.63, 3.8) is 0 Å². The number of hydrogen-bond acceptors (Lipinski definition) is 8. The predicted molar refractivity (Wildman–Crippen MR) is 143 cm³/mol. The summed E-state index contributed by atoms with van der Waals surface area (Å²) in [4.78, 5) is 38.0. The third-order valence-corrected chi connectivity index (χ3v) is 7.57. The van der Waals surface area contributed by atoms with E-state index in [1.54, 1.807) is 19.1 Å². The Balaban J connectivity index is 1.48. The number of nitrogens with one attached hydrogen (secondary N) is 1. The van der Waals surface area contributed by atoms with Gasteiger partial charge in [-0.15, -0.1) is 0 Å². The Morgan fingerprint density at radius 1 is 1.10 bits per heavy atom. The van der Waals surface area contributed by atoms with Gasteiger partial charge in [0, 0.05) is 48.0 Å². The first kappa shape index (κ1) is 26.6. The molecule has 0 saturated carbocycles. The molecule has 0 spiro atoms. The molecule has 0 aromatic heterocycles. The maximum atomic E-state index is 13.8. The van der Waals surface area contributed by atoms with Gasteiger partial charge in [0.05, 0.1) is 23.2 Å². The smallest absolute Gasteiger partial charge is 0.336 e. The fourth-order valence-electron chi connectivity index (χ4n) is 5.69. The molecule has 0 radical (unpaired) electrons. The fraction of sp³-hybridized carbons (Fsp3) is 0.400. The molecule has 0 bridgehead atoms. The maximum absolute atomic E-state index is 13.8. The van der Waals surface area contributed by atoms with E-state index in [1.165, 1.54) is 12.1 Å². The number of esters is 1. The molecule has 9 nitrogen and oxygen atoms in total. The van der Waals surface area contributed by atoms with Gasteiger partial charge in [0.15, 0.2) is 5.78 Å². The quantitative estimate of drug-likeness (QED) is 0.284. The number of carbonyl (C=O) groups excluding carboxylic acids is 2. The zero-order valence-corrected chi connectivity index (χ0v) is 22.1. The molecule has 2 aromatic carbocycles. The summed E-state index contributed by atoms with van der Waals surface area (Å²) in [6.07, 6.45) is 2.50. The van der Waals surface area contributed by atoms with Gasteiger partial charge >= 0.3 is 5.97 Å².